The second kappa shape index (κ2) is 6.98. The Morgan fingerprint density at radius 1 is 1.26 bits per heavy atom. The Kier molecular flexibility index (Phi) is 4.79. The molecule has 1 aliphatic heterocycles. The third-order valence-corrected chi connectivity index (χ3v) is 4.88. The van der Waals surface area contributed by atoms with Crippen molar-refractivity contribution >= 4 is 17.6 Å². The normalized spacial score (nSPS) is 27.8. The SMILES string of the molecule is C[C@H]1CCC[C@@H]1NC(=O)N[C@@H]1CCCN(c2cccnc2)C1=O. The van der Waals surface area contributed by atoms with Crippen LogP contribution in [0, 0.1) is 5.92 Å². The Balaban J connectivity index is 1.59. The van der Waals surface area contributed by atoms with Crippen LogP contribution in [-0.2, 0) is 4.79 Å². The van der Waals surface area contributed by atoms with Crippen LogP contribution in [0.15, 0.2) is 24.5 Å². The number of anilines is 1. The number of hydrogen-bond donors (Lipinski definition) is 2. The number of amides is 3. The number of nitrogens with zero attached hydrogens (tertiary/aromatic N) is 2. The molecule has 2 N–H and O–H groups in total. The highest BCUT2D eigenvalue weighted by Crippen LogP contribution is 2.25. The number of nitrogens with one attached hydrogen (secondary N) is 2. The number of carbonyl (C=O) groups excluding carboxylic acids is 2. The fourth-order valence-electron chi connectivity index (χ4n) is 3.51. The van der Waals surface area contributed by atoms with Gasteiger partial charge in [0.15, 0.2) is 0 Å². The molecule has 2 aliphatic rings. The molecule has 3 rings (SSSR count). The lowest BCUT2D eigenvalue weighted by atomic mass is 10.0. The van der Waals surface area contributed by atoms with Gasteiger partial charge in [-0.3, -0.25) is 9.78 Å². The van der Waals surface area contributed by atoms with Crippen LogP contribution in [0.25, 0.3) is 0 Å². The number of carbonyl (C=O) groups is 2. The summed E-state index contributed by atoms with van der Waals surface area (Å²) in [6, 6.07) is 3.22. The Labute approximate surface area is 136 Å². The number of rotatable bonds is 3. The van der Waals surface area contributed by atoms with Gasteiger partial charge in [0, 0.05) is 18.8 Å². The summed E-state index contributed by atoms with van der Waals surface area (Å²) in [5.41, 5.74) is 0.786. The highest BCUT2D eigenvalue weighted by molar-refractivity contribution is 5.99. The molecule has 0 bridgehead atoms. The summed E-state index contributed by atoms with van der Waals surface area (Å²) in [5, 5.41) is 5.87. The molecule has 6 heteroatoms. The van der Waals surface area contributed by atoms with E-state index in [-0.39, 0.29) is 18.0 Å². The summed E-state index contributed by atoms with van der Waals surface area (Å²) < 4.78 is 0. The zero-order valence-corrected chi connectivity index (χ0v) is 13.5. The monoisotopic (exact) mass is 316 g/mol. The lowest BCUT2D eigenvalue weighted by molar-refractivity contribution is -0.121. The van der Waals surface area contributed by atoms with Crippen LogP contribution >= 0.6 is 0 Å². The molecular weight excluding hydrogens is 292 g/mol. The minimum atomic E-state index is -0.458. The summed E-state index contributed by atoms with van der Waals surface area (Å²) in [5.74, 6) is 0.452. The minimum Gasteiger partial charge on any atom is -0.335 e. The lowest BCUT2D eigenvalue weighted by Crippen LogP contribution is -2.55. The molecule has 1 aromatic rings. The van der Waals surface area contributed by atoms with Crippen molar-refractivity contribution in [3.05, 3.63) is 24.5 Å². The van der Waals surface area contributed by atoms with E-state index in [9.17, 15) is 9.59 Å². The third-order valence-electron chi connectivity index (χ3n) is 4.88. The van der Waals surface area contributed by atoms with Crippen LogP contribution in [0.3, 0.4) is 0 Å². The molecule has 23 heavy (non-hydrogen) atoms. The summed E-state index contributed by atoms with van der Waals surface area (Å²) in [7, 11) is 0. The lowest BCUT2D eigenvalue weighted by Gasteiger charge is -2.32. The van der Waals surface area contributed by atoms with E-state index in [4.69, 9.17) is 0 Å². The van der Waals surface area contributed by atoms with Gasteiger partial charge in [-0.25, -0.2) is 4.79 Å². The molecule has 1 aliphatic carbocycles. The van der Waals surface area contributed by atoms with Crippen molar-refractivity contribution in [3.8, 4) is 0 Å². The Bertz CT molecular complexity index is 563. The standard InChI is InChI=1S/C17H24N4O2/c1-12-5-2-7-14(12)19-17(23)20-15-8-4-10-21(16(15)22)13-6-3-9-18-11-13/h3,6,9,11-12,14-15H,2,4-5,7-8,10H2,1H3,(H2,19,20,23)/t12-,14-,15+/m0/s1. The molecule has 6 nitrogen and oxygen atoms in total. The summed E-state index contributed by atoms with van der Waals surface area (Å²) in [4.78, 5) is 30.6. The first-order valence-corrected chi connectivity index (χ1v) is 8.43. The van der Waals surface area contributed by atoms with E-state index in [0.29, 0.717) is 18.9 Å². The number of piperidine rings is 1. The van der Waals surface area contributed by atoms with Crippen molar-refractivity contribution in [2.75, 3.05) is 11.4 Å². The number of pyridine rings is 1. The van der Waals surface area contributed by atoms with E-state index in [1.807, 2.05) is 12.1 Å². The maximum Gasteiger partial charge on any atom is 0.315 e. The number of aromatic nitrogens is 1. The van der Waals surface area contributed by atoms with Gasteiger partial charge in [-0.1, -0.05) is 13.3 Å². The molecule has 3 amide bonds. The van der Waals surface area contributed by atoms with Gasteiger partial charge in [0.2, 0.25) is 5.91 Å². The molecule has 1 aromatic heterocycles. The second-order valence-electron chi connectivity index (χ2n) is 6.53. The summed E-state index contributed by atoms with van der Waals surface area (Å²) in [6.07, 6.45) is 8.25. The van der Waals surface area contributed by atoms with Gasteiger partial charge in [-0.15, -0.1) is 0 Å². The fourth-order valence-corrected chi connectivity index (χ4v) is 3.51. The molecule has 0 spiro atoms. The zero-order chi connectivity index (χ0) is 16.2. The fraction of sp³-hybridized carbons (Fsp3) is 0.588. The molecule has 124 valence electrons. The van der Waals surface area contributed by atoms with Crippen molar-refractivity contribution in [2.45, 2.75) is 51.1 Å². The van der Waals surface area contributed by atoms with Gasteiger partial charge in [0.05, 0.1) is 11.9 Å². The predicted molar refractivity (Wildman–Crippen MR) is 88.1 cm³/mol. The summed E-state index contributed by atoms with van der Waals surface area (Å²) >= 11 is 0. The third kappa shape index (κ3) is 3.63. The first kappa shape index (κ1) is 15.8. The summed E-state index contributed by atoms with van der Waals surface area (Å²) in [6.45, 7) is 2.83. The molecule has 0 unspecified atom stereocenters. The van der Waals surface area contributed by atoms with Crippen molar-refractivity contribution in [2.24, 2.45) is 5.92 Å². The molecule has 2 fully saturated rings. The van der Waals surface area contributed by atoms with E-state index >= 15 is 0 Å². The van der Waals surface area contributed by atoms with Gasteiger partial charge in [0.25, 0.3) is 0 Å². The van der Waals surface area contributed by atoms with E-state index in [1.165, 1.54) is 0 Å². The van der Waals surface area contributed by atoms with Crippen molar-refractivity contribution in [1.29, 1.82) is 0 Å². The van der Waals surface area contributed by atoms with Crippen LogP contribution in [0.4, 0.5) is 10.5 Å². The molecule has 0 aromatic carbocycles. The van der Waals surface area contributed by atoms with Gasteiger partial charge in [0.1, 0.15) is 6.04 Å². The molecule has 3 atom stereocenters. The average Bonchev–Trinajstić information content (AvgIpc) is 2.95. The number of hydrogen-bond acceptors (Lipinski definition) is 3. The van der Waals surface area contributed by atoms with Crippen LogP contribution in [0.5, 0.6) is 0 Å². The molecular formula is C17H24N4O2. The van der Waals surface area contributed by atoms with E-state index in [0.717, 1.165) is 31.4 Å². The Morgan fingerprint density at radius 3 is 2.83 bits per heavy atom. The second-order valence-corrected chi connectivity index (χ2v) is 6.53. The van der Waals surface area contributed by atoms with Gasteiger partial charge in [-0.2, -0.15) is 0 Å². The van der Waals surface area contributed by atoms with Gasteiger partial charge in [-0.05, 0) is 43.7 Å². The molecule has 1 saturated heterocycles. The smallest absolute Gasteiger partial charge is 0.315 e. The minimum absolute atomic E-state index is 0.0566. The van der Waals surface area contributed by atoms with Crippen LogP contribution < -0.4 is 15.5 Å². The number of urea groups is 1. The molecule has 0 radical (unpaired) electrons. The first-order valence-electron chi connectivity index (χ1n) is 8.43. The van der Waals surface area contributed by atoms with Crippen LogP contribution in [0.2, 0.25) is 0 Å². The maximum atomic E-state index is 12.6. The van der Waals surface area contributed by atoms with E-state index in [1.54, 1.807) is 17.3 Å². The largest absolute Gasteiger partial charge is 0.335 e. The Morgan fingerprint density at radius 2 is 2.13 bits per heavy atom. The molecule has 1 saturated carbocycles. The molecule has 2 heterocycles. The maximum absolute atomic E-state index is 12.6. The predicted octanol–water partition coefficient (Wildman–Crippen LogP) is 2.06. The van der Waals surface area contributed by atoms with E-state index < -0.39 is 6.04 Å². The van der Waals surface area contributed by atoms with Crippen LogP contribution in [0.1, 0.15) is 39.0 Å². The highest BCUT2D eigenvalue weighted by Gasteiger charge is 2.32. The van der Waals surface area contributed by atoms with E-state index in [2.05, 4.69) is 22.5 Å². The van der Waals surface area contributed by atoms with Crippen molar-refractivity contribution in [3.63, 3.8) is 0 Å². The highest BCUT2D eigenvalue weighted by atomic mass is 16.2. The zero-order valence-electron chi connectivity index (χ0n) is 13.5. The van der Waals surface area contributed by atoms with Crippen LogP contribution in [-0.4, -0.2) is 35.6 Å². The topological polar surface area (TPSA) is 74.3 Å². The van der Waals surface area contributed by atoms with Crippen molar-refractivity contribution in [1.82, 2.24) is 15.6 Å². The van der Waals surface area contributed by atoms with Crippen molar-refractivity contribution < 1.29 is 9.59 Å². The average molecular weight is 316 g/mol. The first-order chi connectivity index (χ1) is 11.1. The quantitative estimate of drug-likeness (QED) is 0.896. The Hall–Kier alpha value is -2.11. The van der Waals surface area contributed by atoms with Gasteiger partial charge >= 0.3 is 6.03 Å². The van der Waals surface area contributed by atoms with Gasteiger partial charge < -0.3 is 15.5 Å².